The predicted molar refractivity (Wildman–Crippen MR) is 94.1 cm³/mol. The third-order valence-electron chi connectivity index (χ3n) is 3.07. The van der Waals surface area contributed by atoms with Crippen LogP contribution in [0, 0.1) is 0 Å². The number of carbonyl (C=O) groups is 3. The molecule has 0 radical (unpaired) electrons. The van der Waals surface area contributed by atoms with Crippen molar-refractivity contribution in [1.29, 1.82) is 0 Å². The van der Waals surface area contributed by atoms with E-state index in [2.05, 4.69) is 10.6 Å². The number of carbonyl (C=O) groups excluding carboxylic acids is 3. The van der Waals surface area contributed by atoms with Gasteiger partial charge in [0.05, 0.1) is 17.3 Å². The van der Waals surface area contributed by atoms with Crippen molar-refractivity contribution >= 4 is 46.7 Å². The Hall–Kier alpha value is -1.99. The van der Waals surface area contributed by atoms with Crippen LogP contribution in [0.1, 0.15) is 20.3 Å². The van der Waals surface area contributed by atoms with Crippen LogP contribution in [0.25, 0.3) is 0 Å². The largest absolute Gasteiger partial charge is 0.352 e. The molecule has 1 aromatic rings. The van der Waals surface area contributed by atoms with E-state index in [0.29, 0.717) is 28.7 Å². The molecule has 1 aromatic carbocycles. The highest BCUT2D eigenvalue weighted by Gasteiger charge is 2.23. The molecule has 0 aliphatic carbocycles. The van der Waals surface area contributed by atoms with Gasteiger partial charge in [-0.1, -0.05) is 30.1 Å². The fourth-order valence-corrected chi connectivity index (χ4v) is 2.50. The molecule has 9 heteroatoms. The smallest absolute Gasteiger partial charge is 0.312 e. The van der Waals surface area contributed by atoms with Crippen molar-refractivity contribution in [1.82, 2.24) is 10.2 Å². The van der Waals surface area contributed by atoms with Gasteiger partial charge in [0.15, 0.2) is 0 Å². The first-order valence-corrected chi connectivity index (χ1v) is 8.09. The lowest BCUT2D eigenvalue weighted by atomic mass is 10.2. The van der Waals surface area contributed by atoms with Gasteiger partial charge < -0.3 is 21.3 Å². The molecular weight excluding hydrogens is 355 g/mol. The van der Waals surface area contributed by atoms with Gasteiger partial charge in [0, 0.05) is 11.6 Å². The highest BCUT2D eigenvalue weighted by Crippen LogP contribution is 2.25. The lowest BCUT2D eigenvalue weighted by molar-refractivity contribution is -0.136. The average Bonchev–Trinajstić information content (AvgIpc) is 2.48. The number of rotatable bonds is 7. The number of hydrogen-bond acceptors (Lipinski definition) is 3. The van der Waals surface area contributed by atoms with Gasteiger partial charge in [-0.15, -0.1) is 0 Å². The first kappa shape index (κ1) is 20.1. The van der Waals surface area contributed by atoms with Crippen molar-refractivity contribution in [3.8, 4) is 0 Å². The molecule has 0 aliphatic heterocycles. The average molecular weight is 375 g/mol. The summed E-state index contributed by atoms with van der Waals surface area (Å²) in [4.78, 5) is 36.7. The molecule has 0 heterocycles. The van der Waals surface area contributed by atoms with Gasteiger partial charge in [0.1, 0.15) is 6.04 Å². The fourth-order valence-electron chi connectivity index (χ4n) is 2.04. The monoisotopic (exact) mass is 374 g/mol. The topological polar surface area (TPSA) is 105 Å². The van der Waals surface area contributed by atoms with Gasteiger partial charge in [0.25, 0.3) is 0 Å². The van der Waals surface area contributed by atoms with E-state index in [9.17, 15) is 14.4 Å². The molecule has 0 aromatic heterocycles. The van der Waals surface area contributed by atoms with Crippen LogP contribution in [-0.4, -0.2) is 41.9 Å². The summed E-state index contributed by atoms with van der Waals surface area (Å²) < 4.78 is 0. The second-order valence-electron chi connectivity index (χ2n) is 5.16. The Morgan fingerprint density at radius 2 is 1.96 bits per heavy atom. The second kappa shape index (κ2) is 9.34. The molecule has 1 rings (SSSR count). The molecular formula is C15H20Cl2N4O3. The maximum atomic E-state index is 12.3. The highest BCUT2D eigenvalue weighted by molar-refractivity contribution is 6.36. The van der Waals surface area contributed by atoms with Crippen molar-refractivity contribution in [3.05, 3.63) is 28.2 Å². The zero-order valence-electron chi connectivity index (χ0n) is 13.4. The Morgan fingerprint density at radius 1 is 1.29 bits per heavy atom. The van der Waals surface area contributed by atoms with Crippen LogP contribution in [0.2, 0.25) is 10.0 Å². The highest BCUT2D eigenvalue weighted by atomic mass is 35.5. The third kappa shape index (κ3) is 6.25. The molecule has 0 saturated carbocycles. The summed E-state index contributed by atoms with van der Waals surface area (Å²) in [5.74, 6) is -0.805. The van der Waals surface area contributed by atoms with Crippen molar-refractivity contribution in [3.63, 3.8) is 0 Å². The number of hydrogen-bond donors (Lipinski definition) is 3. The van der Waals surface area contributed by atoms with E-state index < -0.39 is 23.9 Å². The molecule has 1 atom stereocenters. The predicted octanol–water partition coefficient (Wildman–Crippen LogP) is 2.23. The van der Waals surface area contributed by atoms with Crippen molar-refractivity contribution in [2.24, 2.45) is 5.73 Å². The number of nitrogens with one attached hydrogen (secondary N) is 2. The van der Waals surface area contributed by atoms with E-state index in [1.54, 1.807) is 12.1 Å². The first-order valence-electron chi connectivity index (χ1n) is 7.34. The molecule has 0 saturated heterocycles. The number of nitrogens with zero attached hydrogens (tertiary/aromatic N) is 1. The minimum atomic E-state index is -0.819. The number of amides is 4. The summed E-state index contributed by atoms with van der Waals surface area (Å²) in [6.45, 7) is 3.58. The summed E-state index contributed by atoms with van der Waals surface area (Å²) in [5, 5.41) is 5.68. The minimum absolute atomic E-state index is 0.170. The molecule has 4 N–H and O–H groups in total. The van der Waals surface area contributed by atoms with Gasteiger partial charge in [-0.2, -0.15) is 0 Å². The normalized spacial score (nSPS) is 11.5. The quantitative estimate of drug-likeness (QED) is 0.681. The molecule has 1 unspecified atom stereocenters. The molecule has 0 fully saturated rings. The Kier molecular flexibility index (Phi) is 7.81. The zero-order valence-corrected chi connectivity index (χ0v) is 14.9. The Morgan fingerprint density at radius 3 is 2.50 bits per heavy atom. The van der Waals surface area contributed by atoms with Crippen LogP contribution in [0.3, 0.4) is 0 Å². The second-order valence-corrected chi connectivity index (χ2v) is 6.01. The van der Waals surface area contributed by atoms with Crippen LogP contribution >= 0.6 is 23.2 Å². The van der Waals surface area contributed by atoms with E-state index >= 15 is 0 Å². The number of nitrogens with two attached hydrogens (primary N) is 1. The number of primary amides is 1. The van der Waals surface area contributed by atoms with Gasteiger partial charge in [0.2, 0.25) is 11.8 Å². The Balaban J connectivity index is 2.74. The molecule has 4 amide bonds. The molecule has 7 nitrogen and oxygen atoms in total. The lowest BCUT2D eigenvalue weighted by Gasteiger charge is -2.25. The Bertz CT molecular complexity index is 625. The number of halogens is 2. The van der Waals surface area contributed by atoms with E-state index in [4.69, 9.17) is 28.9 Å². The summed E-state index contributed by atoms with van der Waals surface area (Å²) in [6.07, 6.45) is 0.657. The van der Waals surface area contributed by atoms with E-state index in [0.717, 1.165) is 0 Å². The van der Waals surface area contributed by atoms with Crippen molar-refractivity contribution < 1.29 is 14.4 Å². The number of anilines is 1. The van der Waals surface area contributed by atoms with Gasteiger partial charge >= 0.3 is 6.03 Å². The maximum absolute atomic E-state index is 12.3. The van der Waals surface area contributed by atoms with Crippen LogP contribution in [0.5, 0.6) is 0 Å². The summed E-state index contributed by atoms with van der Waals surface area (Å²) in [7, 11) is 0. The van der Waals surface area contributed by atoms with Gasteiger partial charge in [-0.05, 0) is 31.5 Å². The molecule has 132 valence electrons. The van der Waals surface area contributed by atoms with Crippen LogP contribution < -0.4 is 16.4 Å². The minimum Gasteiger partial charge on any atom is -0.352 e. The standard InChI is InChI=1S/C15H20Cl2N4O3/c1-3-6-21(14(23)9(2)19-15(18)24)8-13(22)20-12-5-4-10(16)7-11(12)17/h4-5,7,9H,3,6,8H2,1-2H3,(H,20,22)(H3,18,19,24). The Labute approximate surface area is 150 Å². The zero-order chi connectivity index (χ0) is 18.3. The third-order valence-corrected chi connectivity index (χ3v) is 3.62. The maximum Gasteiger partial charge on any atom is 0.312 e. The summed E-state index contributed by atoms with van der Waals surface area (Å²) >= 11 is 11.8. The number of benzene rings is 1. The van der Waals surface area contributed by atoms with Gasteiger partial charge in [-0.3, -0.25) is 9.59 Å². The van der Waals surface area contributed by atoms with Gasteiger partial charge in [-0.25, -0.2) is 4.79 Å². The van der Waals surface area contributed by atoms with E-state index in [1.165, 1.54) is 17.9 Å². The fraction of sp³-hybridized carbons (Fsp3) is 0.400. The molecule has 0 bridgehead atoms. The van der Waals surface area contributed by atoms with Crippen molar-refractivity contribution in [2.45, 2.75) is 26.3 Å². The summed E-state index contributed by atoms with van der Waals surface area (Å²) in [5.41, 5.74) is 5.41. The molecule has 0 aliphatic rings. The lowest BCUT2D eigenvalue weighted by Crippen LogP contribution is -2.50. The van der Waals surface area contributed by atoms with E-state index in [-0.39, 0.29) is 6.54 Å². The van der Waals surface area contributed by atoms with Crippen LogP contribution in [0.15, 0.2) is 18.2 Å². The first-order chi connectivity index (χ1) is 11.2. The number of urea groups is 1. The van der Waals surface area contributed by atoms with Crippen LogP contribution in [0.4, 0.5) is 10.5 Å². The SMILES string of the molecule is CCCN(CC(=O)Nc1ccc(Cl)cc1Cl)C(=O)C(C)NC(N)=O. The van der Waals surface area contributed by atoms with Crippen LogP contribution in [-0.2, 0) is 9.59 Å². The van der Waals surface area contributed by atoms with E-state index in [1.807, 2.05) is 6.92 Å². The molecule has 0 spiro atoms. The summed E-state index contributed by atoms with van der Waals surface area (Å²) in [6, 6.07) is 3.06. The molecule has 24 heavy (non-hydrogen) atoms. The van der Waals surface area contributed by atoms with Crippen molar-refractivity contribution in [2.75, 3.05) is 18.4 Å².